The SMILES string of the molecule is CC[C@]12C=CCN(C)C(=O)[C@H]1[C@H]1C(=O)N(CCCO)C3C(=O)N(c4ccc(Cl)cc4)CC=C[C@@]31O2. The summed E-state index contributed by atoms with van der Waals surface area (Å²) < 4.78 is 6.84. The number of nitrogens with zero attached hydrogens (tertiary/aromatic N) is 3. The number of aliphatic hydroxyl groups is 1. The van der Waals surface area contributed by atoms with Crippen molar-refractivity contribution in [2.45, 2.75) is 37.0 Å². The van der Waals surface area contributed by atoms with Crippen molar-refractivity contribution in [2.75, 3.05) is 38.2 Å². The van der Waals surface area contributed by atoms with Crippen molar-refractivity contribution in [3.05, 3.63) is 53.6 Å². The first-order valence-electron chi connectivity index (χ1n) is 12.1. The van der Waals surface area contributed by atoms with E-state index in [2.05, 4.69) is 0 Å². The van der Waals surface area contributed by atoms with Gasteiger partial charge in [-0.3, -0.25) is 14.4 Å². The average molecular weight is 500 g/mol. The van der Waals surface area contributed by atoms with E-state index in [-0.39, 0.29) is 30.9 Å². The van der Waals surface area contributed by atoms with Crippen LogP contribution >= 0.6 is 11.6 Å². The summed E-state index contributed by atoms with van der Waals surface area (Å²) in [6.07, 6.45) is 8.32. The van der Waals surface area contributed by atoms with Crippen molar-refractivity contribution >= 4 is 35.0 Å². The van der Waals surface area contributed by atoms with E-state index in [1.807, 2.05) is 31.2 Å². The van der Waals surface area contributed by atoms with Crippen LogP contribution in [0, 0.1) is 11.8 Å². The lowest BCUT2D eigenvalue weighted by Crippen LogP contribution is -2.56. The molecule has 9 heteroatoms. The van der Waals surface area contributed by atoms with Gasteiger partial charge in [0, 0.05) is 44.0 Å². The van der Waals surface area contributed by atoms with Crippen LogP contribution in [0.2, 0.25) is 5.02 Å². The van der Waals surface area contributed by atoms with E-state index in [9.17, 15) is 19.5 Å². The van der Waals surface area contributed by atoms with E-state index in [1.54, 1.807) is 41.1 Å². The summed E-state index contributed by atoms with van der Waals surface area (Å²) in [6, 6.07) is 6.02. The highest BCUT2D eigenvalue weighted by atomic mass is 35.5. The fourth-order valence-electron chi connectivity index (χ4n) is 6.22. The number of halogens is 1. The predicted molar refractivity (Wildman–Crippen MR) is 131 cm³/mol. The minimum Gasteiger partial charge on any atom is -0.396 e. The van der Waals surface area contributed by atoms with Crippen molar-refractivity contribution in [1.82, 2.24) is 9.80 Å². The maximum Gasteiger partial charge on any atom is 0.253 e. The van der Waals surface area contributed by atoms with Crippen molar-refractivity contribution in [2.24, 2.45) is 11.8 Å². The number of carbonyl (C=O) groups is 3. The van der Waals surface area contributed by atoms with Gasteiger partial charge < -0.3 is 24.5 Å². The van der Waals surface area contributed by atoms with Crippen LogP contribution in [0.4, 0.5) is 5.69 Å². The van der Waals surface area contributed by atoms with Gasteiger partial charge in [-0.1, -0.05) is 42.8 Å². The van der Waals surface area contributed by atoms with Gasteiger partial charge in [0.1, 0.15) is 11.6 Å². The zero-order valence-electron chi connectivity index (χ0n) is 19.9. The number of likely N-dealkylation sites (tertiary alicyclic amines) is 1. The van der Waals surface area contributed by atoms with E-state index in [0.29, 0.717) is 36.6 Å². The molecule has 2 saturated heterocycles. The molecule has 0 aromatic heterocycles. The van der Waals surface area contributed by atoms with Gasteiger partial charge in [0.25, 0.3) is 5.91 Å². The Morgan fingerprint density at radius 3 is 2.43 bits per heavy atom. The maximum absolute atomic E-state index is 14.2. The molecule has 0 saturated carbocycles. The van der Waals surface area contributed by atoms with Crippen molar-refractivity contribution in [3.8, 4) is 0 Å². The van der Waals surface area contributed by atoms with Crippen molar-refractivity contribution in [3.63, 3.8) is 0 Å². The molecule has 35 heavy (non-hydrogen) atoms. The normalized spacial score (nSPS) is 34.1. The molecule has 8 nitrogen and oxygen atoms in total. The van der Waals surface area contributed by atoms with Crippen LogP contribution in [0.1, 0.15) is 19.8 Å². The molecule has 1 spiro atoms. The van der Waals surface area contributed by atoms with Gasteiger partial charge in [-0.05, 0) is 37.1 Å². The Morgan fingerprint density at radius 2 is 1.74 bits per heavy atom. The Bertz CT molecular complexity index is 1100. The lowest BCUT2D eigenvalue weighted by Gasteiger charge is -2.38. The molecule has 1 unspecified atom stereocenters. The van der Waals surface area contributed by atoms with E-state index < -0.39 is 29.1 Å². The van der Waals surface area contributed by atoms with Crippen LogP contribution in [0.25, 0.3) is 0 Å². The molecule has 2 fully saturated rings. The van der Waals surface area contributed by atoms with Gasteiger partial charge in [0.15, 0.2) is 0 Å². The number of fused-ring (bicyclic) bond motifs is 2. The van der Waals surface area contributed by atoms with Gasteiger partial charge in [-0.2, -0.15) is 0 Å². The number of anilines is 1. The van der Waals surface area contributed by atoms with Gasteiger partial charge >= 0.3 is 0 Å². The Hall–Kier alpha value is -2.68. The van der Waals surface area contributed by atoms with Gasteiger partial charge in [0.2, 0.25) is 11.8 Å². The number of hydrogen-bond donors (Lipinski definition) is 1. The average Bonchev–Trinajstić information content (AvgIpc) is 3.14. The van der Waals surface area contributed by atoms with E-state index in [0.717, 1.165) is 0 Å². The molecule has 5 atom stereocenters. The summed E-state index contributed by atoms with van der Waals surface area (Å²) in [5, 5.41) is 10.1. The highest BCUT2D eigenvalue weighted by Gasteiger charge is 2.75. The first-order chi connectivity index (χ1) is 16.8. The number of ether oxygens (including phenoxy) is 1. The molecule has 0 bridgehead atoms. The Kier molecular flexibility index (Phi) is 6.02. The molecule has 4 aliphatic heterocycles. The summed E-state index contributed by atoms with van der Waals surface area (Å²) >= 11 is 6.06. The highest BCUT2D eigenvalue weighted by molar-refractivity contribution is 6.30. The summed E-state index contributed by atoms with van der Waals surface area (Å²) in [5.74, 6) is -2.30. The topological polar surface area (TPSA) is 90.4 Å². The Labute approximate surface area is 209 Å². The summed E-state index contributed by atoms with van der Waals surface area (Å²) in [7, 11) is 1.72. The summed E-state index contributed by atoms with van der Waals surface area (Å²) in [5.41, 5.74) is -1.61. The molecular weight excluding hydrogens is 470 g/mol. The third-order valence-corrected chi connectivity index (χ3v) is 8.09. The lowest BCUT2D eigenvalue weighted by atomic mass is 9.73. The largest absolute Gasteiger partial charge is 0.396 e. The second-order valence-electron chi connectivity index (χ2n) is 9.68. The predicted octanol–water partition coefficient (Wildman–Crippen LogP) is 2.01. The number of carbonyl (C=O) groups excluding carboxylic acids is 3. The zero-order chi connectivity index (χ0) is 25.0. The van der Waals surface area contributed by atoms with Crippen LogP contribution in [-0.2, 0) is 19.1 Å². The Balaban J connectivity index is 1.66. The van der Waals surface area contributed by atoms with Crippen LogP contribution in [-0.4, -0.2) is 83.2 Å². The quantitative estimate of drug-likeness (QED) is 0.626. The number of aliphatic hydroxyl groups excluding tert-OH is 1. The number of hydrogen-bond acceptors (Lipinski definition) is 5. The second kappa shape index (κ2) is 8.76. The minimum absolute atomic E-state index is 0.118. The molecule has 4 aliphatic rings. The van der Waals surface area contributed by atoms with E-state index in [4.69, 9.17) is 16.3 Å². The summed E-state index contributed by atoms with van der Waals surface area (Å²) in [6.45, 7) is 2.75. The third-order valence-electron chi connectivity index (χ3n) is 7.84. The molecule has 1 N–H and O–H groups in total. The molecule has 0 radical (unpaired) electrons. The van der Waals surface area contributed by atoms with Gasteiger partial charge in [0.05, 0.1) is 17.4 Å². The molecular formula is C26H30ClN3O5. The second-order valence-corrected chi connectivity index (χ2v) is 10.1. The Morgan fingerprint density at radius 1 is 1.03 bits per heavy atom. The molecule has 1 aromatic rings. The monoisotopic (exact) mass is 499 g/mol. The number of benzene rings is 1. The molecule has 186 valence electrons. The van der Waals surface area contributed by atoms with Gasteiger partial charge in [-0.25, -0.2) is 0 Å². The van der Waals surface area contributed by atoms with Crippen LogP contribution in [0.15, 0.2) is 48.6 Å². The summed E-state index contributed by atoms with van der Waals surface area (Å²) in [4.78, 5) is 46.6. The van der Waals surface area contributed by atoms with Crippen molar-refractivity contribution < 1.29 is 24.2 Å². The molecule has 3 amide bonds. The highest BCUT2D eigenvalue weighted by Crippen LogP contribution is 2.58. The van der Waals surface area contributed by atoms with Crippen LogP contribution in [0.3, 0.4) is 0 Å². The number of likely N-dealkylation sites (N-methyl/N-ethyl adjacent to an activating group) is 1. The number of rotatable bonds is 5. The fourth-order valence-corrected chi connectivity index (χ4v) is 6.34. The van der Waals surface area contributed by atoms with E-state index in [1.165, 1.54) is 4.90 Å². The van der Waals surface area contributed by atoms with E-state index >= 15 is 0 Å². The van der Waals surface area contributed by atoms with Gasteiger partial charge in [-0.15, -0.1) is 0 Å². The number of amides is 3. The molecule has 4 heterocycles. The maximum atomic E-state index is 14.2. The van der Waals surface area contributed by atoms with Crippen LogP contribution in [0.5, 0.6) is 0 Å². The minimum atomic E-state index is -1.29. The first kappa shape index (κ1) is 24.0. The smallest absolute Gasteiger partial charge is 0.253 e. The molecule has 1 aromatic carbocycles. The standard InChI is InChI=1S/C26H30ClN3O5/c1-3-25-11-4-13-28(2)22(32)19(25)20-23(33)30(15-6-16-31)21-24(34)29(14-5-12-26(20,21)35-25)18-9-7-17(27)8-10-18/h4-5,7-12,19-21,31H,3,6,13-16H2,1-2H3/t19-,20+,21?,25+,26+/m1/s1. The third kappa shape index (κ3) is 3.45. The lowest BCUT2D eigenvalue weighted by molar-refractivity contribution is -0.149. The zero-order valence-corrected chi connectivity index (χ0v) is 20.6. The van der Waals surface area contributed by atoms with Crippen molar-refractivity contribution in [1.29, 1.82) is 0 Å². The molecule has 0 aliphatic carbocycles. The molecule has 5 rings (SSSR count). The first-order valence-corrected chi connectivity index (χ1v) is 12.5. The fraction of sp³-hybridized carbons (Fsp3) is 0.500. The van der Waals surface area contributed by atoms with Crippen LogP contribution < -0.4 is 4.90 Å².